The number of carbonyl (C=O) groups excluding carboxylic acids is 1. The summed E-state index contributed by atoms with van der Waals surface area (Å²) in [4.78, 5) is 22.7. The number of carboxylic acids is 1. The van der Waals surface area contributed by atoms with E-state index in [1.54, 1.807) is 31.4 Å². The van der Waals surface area contributed by atoms with Gasteiger partial charge in [-0.25, -0.2) is 9.59 Å². The van der Waals surface area contributed by atoms with Crippen molar-refractivity contribution in [2.75, 3.05) is 11.9 Å². The topological polar surface area (TPSA) is 91.6 Å². The fraction of sp³-hybridized carbons (Fsp3) is 0.200. The molecule has 1 aromatic heterocycles. The summed E-state index contributed by atoms with van der Waals surface area (Å²) in [5, 5.41) is 14.3. The highest BCUT2D eigenvalue weighted by molar-refractivity contribution is 5.94. The Labute approximate surface area is 121 Å². The maximum atomic E-state index is 11.7. The molecule has 2 amide bonds. The quantitative estimate of drug-likeness (QED) is 0.788. The molecule has 2 rings (SSSR count). The van der Waals surface area contributed by atoms with E-state index in [0.29, 0.717) is 24.2 Å². The van der Waals surface area contributed by atoms with E-state index < -0.39 is 5.97 Å². The van der Waals surface area contributed by atoms with Gasteiger partial charge in [-0.05, 0) is 36.8 Å². The van der Waals surface area contributed by atoms with Crippen LogP contribution < -0.4 is 10.6 Å². The predicted octanol–water partition coefficient (Wildman–Crippen LogP) is 2.65. The number of nitrogens with one attached hydrogen (secondary N) is 2. The Morgan fingerprint density at radius 1 is 1.29 bits per heavy atom. The molecule has 21 heavy (non-hydrogen) atoms. The van der Waals surface area contributed by atoms with Gasteiger partial charge in [0, 0.05) is 18.7 Å². The number of urea groups is 1. The minimum absolute atomic E-state index is 0.170. The highest BCUT2D eigenvalue weighted by Gasteiger charge is 2.09. The van der Waals surface area contributed by atoms with E-state index in [0.717, 1.165) is 5.76 Å². The molecule has 6 nitrogen and oxygen atoms in total. The number of hydrogen-bond donors (Lipinski definition) is 3. The maximum absolute atomic E-state index is 11.7. The van der Waals surface area contributed by atoms with Gasteiger partial charge in [-0.15, -0.1) is 0 Å². The van der Waals surface area contributed by atoms with Crippen LogP contribution in [0.4, 0.5) is 10.5 Å². The van der Waals surface area contributed by atoms with E-state index in [4.69, 9.17) is 9.52 Å². The second kappa shape index (κ2) is 6.60. The van der Waals surface area contributed by atoms with E-state index in [-0.39, 0.29) is 11.6 Å². The largest absolute Gasteiger partial charge is 0.478 e. The lowest BCUT2D eigenvalue weighted by Crippen LogP contribution is -2.30. The summed E-state index contributed by atoms with van der Waals surface area (Å²) in [5.41, 5.74) is 1.25. The number of aryl methyl sites for hydroxylation is 1. The van der Waals surface area contributed by atoms with Gasteiger partial charge in [-0.1, -0.05) is 6.07 Å². The Morgan fingerprint density at radius 3 is 2.76 bits per heavy atom. The number of amides is 2. The van der Waals surface area contributed by atoms with Crippen molar-refractivity contribution in [3.8, 4) is 0 Å². The standard InChI is InChI=1S/C15H16N2O4/c1-10-4-5-11(9-13(10)14(18)19)17-15(20)16-7-6-12-3-2-8-21-12/h2-5,8-9H,6-7H2,1H3,(H,18,19)(H2,16,17,20). The Balaban J connectivity index is 1.87. The molecule has 0 saturated heterocycles. The normalized spacial score (nSPS) is 10.1. The van der Waals surface area contributed by atoms with E-state index in [1.807, 2.05) is 6.07 Å². The molecular formula is C15H16N2O4. The van der Waals surface area contributed by atoms with Gasteiger partial charge in [0.05, 0.1) is 11.8 Å². The first-order valence-electron chi connectivity index (χ1n) is 6.47. The Kier molecular flexibility index (Phi) is 4.61. The molecule has 0 atom stereocenters. The van der Waals surface area contributed by atoms with E-state index in [9.17, 15) is 9.59 Å². The number of carboxylic acid groups (broad SMARTS) is 1. The van der Waals surface area contributed by atoms with Gasteiger partial charge in [-0.3, -0.25) is 0 Å². The van der Waals surface area contributed by atoms with Crippen LogP contribution >= 0.6 is 0 Å². The molecule has 2 aromatic rings. The second-order valence-corrected chi connectivity index (χ2v) is 4.55. The monoisotopic (exact) mass is 288 g/mol. The van der Waals surface area contributed by atoms with Crippen molar-refractivity contribution in [3.05, 3.63) is 53.5 Å². The molecule has 0 fully saturated rings. The minimum atomic E-state index is -1.02. The molecule has 0 aliphatic rings. The second-order valence-electron chi connectivity index (χ2n) is 4.55. The van der Waals surface area contributed by atoms with Crippen molar-refractivity contribution in [1.29, 1.82) is 0 Å². The van der Waals surface area contributed by atoms with Gasteiger partial charge >= 0.3 is 12.0 Å². The van der Waals surface area contributed by atoms with Crippen molar-refractivity contribution in [1.82, 2.24) is 5.32 Å². The average Bonchev–Trinajstić information content (AvgIpc) is 2.94. The highest BCUT2D eigenvalue weighted by Crippen LogP contribution is 2.15. The fourth-order valence-corrected chi connectivity index (χ4v) is 1.86. The van der Waals surface area contributed by atoms with Crippen LogP contribution in [0.2, 0.25) is 0 Å². The van der Waals surface area contributed by atoms with E-state index >= 15 is 0 Å². The van der Waals surface area contributed by atoms with Crippen LogP contribution in [-0.2, 0) is 6.42 Å². The summed E-state index contributed by atoms with van der Waals surface area (Å²) >= 11 is 0. The van der Waals surface area contributed by atoms with E-state index in [2.05, 4.69) is 10.6 Å². The van der Waals surface area contributed by atoms with Crippen molar-refractivity contribution < 1.29 is 19.1 Å². The van der Waals surface area contributed by atoms with Crippen LogP contribution in [0.3, 0.4) is 0 Å². The molecule has 0 bridgehead atoms. The van der Waals surface area contributed by atoms with Crippen molar-refractivity contribution >= 4 is 17.7 Å². The molecule has 0 aliphatic carbocycles. The van der Waals surface area contributed by atoms with Crippen LogP contribution in [-0.4, -0.2) is 23.7 Å². The van der Waals surface area contributed by atoms with Crippen LogP contribution in [0.25, 0.3) is 0 Å². The van der Waals surface area contributed by atoms with Gasteiger partial charge in [0.1, 0.15) is 5.76 Å². The Morgan fingerprint density at radius 2 is 2.10 bits per heavy atom. The van der Waals surface area contributed by atoms with Gasteiger partial charge in [0.25, 0.3) is 0 Å². The Bertz CT molecular complexity index is 635. The summed E-state index contributed by atoms with van der Waals surface area (Å²) < 4.78 is 5.15. The molecule has 0 aliphatic heterocycles. The van der Waals surface area contributed by atoms with Gasteiger partial charge in [-0.2, -0.15) is 0 Å². The third kappa shape index (κ3) is 4.10. The molecule has 0 spiro atoms. The zero-order valence-electron chi connectivity index (χ0n) is 11.6. The molecule has 0 saturated carbocycles. The van der Waals surface area contributed by atoms with Gasteiger partial charge < -0.3 is 20.2 Å². The SMILES string of the molecule is Cc1ccc(NC(=O)NCCc2ccco2)cc1C(=O)O. The summed E-state index contributed by atoms with van der Waals surface area (Å²) in [5.74, 6) is -0.229. The first-order valence-corrected chi connectivity index (χ1v) is 6.47. The first-order chi connectivity index (χ1) is 10.1. The van der Waals surface area contributed by atoms with Crippen LogP contribution in [0.15, 0.2) is 41.0 Å². The lowest BCUT2D eigenvalue weighted by Gasteiger charge is -2.09. The number of hydrogen-bond acceptors (Lipinski definition) is 3. The number of anilines is 1. The van der Waals surface area contributed by atoms with Crippen LogP contribution in [0.5, 0.6) is 0 Å². The summed E-state index contributed by atoms with van der Waals surface area (Å²) in [6.45, 7) is 2.13. The summed E-state index contributed by atoms with van der Waals surface area (Å²) in [6, 6.07) is 7.98. The molecule has 3 N–H and O–H groups in total. The summed E-state index contributed by atoms with van der Waals surface area (Å²) in [7, 11) is 0. The van der Waals surface area contributed by atoms with Gasteiger partial charge in [0.15, 0.2) is 0 Å². The molecular weight excluding hydrogens is 272 g/mol. The van der Waals surface area contributed by atoms with Crippen LogP contribution in [0.1, 0.15) is 21.7 Å². The molecule has 1 heterocycles. The number of rotatable bonds is 5. The summed E-state index contributed by atoms with van der Waals surface area (Å²) in [6.07, 6.45) is 2.17. The minimum Gasteiger partial charge on any atom is -0.478 e. The number of furan rings is 1. The zero-order valence-corrected chi connectivity index (χ0v) is 11.6. The smallest absolute Gasteiger partial charge is 0.336 e. The molecule has 0 radical (unpaired) electrons. The Hall–Kier alpha value is -2.76. The van der Waals surface area contributed by atoms with Crippen molar-refractivity contribution in [2.45, 2.75) is 13.3 Å². The third-order valence-corrected chi connectivity index (χ3v) is 2.96. The van der Waals surface area contributed by atoms with Gasteiger partial charge in [0.2, 0.25) is 0 Å². The number of aromatic carboxylic acids is 1. The number of carbonyl (C=O) groups is 2. The first kappa shape index (κ1) is 14.6. The predicted molar refractivity (Wildman–Crippen MR) is 77.6 cm³/mol. The fourth-order valence-electron chi connectivity index (χ4n) is 1.86. The average molecular weight is 288 g/mol. The van der Waals surface area contributed by atoms with Crippen molar-refractivity contribution in [2.24, 2.45) is 0 Å². The van der Waals surface area contributed by atoms with E-state index in [1.165, 1.54) is 6.07 Å². The number of benzene rings is 1. The maximum Gasteiger partial charge on any atom is 0.336 e. The molecule has 1 aromatic carbocycles. The van der Waals surface area contributed by atoms with Crippen LogP contribution in [0, 0.1) is 6.92 Å². The molecule has 6 heteroatoms. The lowest BCUT2D eigenvalue weighted by atomic mass is 10.1. The third-order valence-electron chi connectivity index (χ3n) is 2.96. The lowest BCUT2D eigenvalue weighted by molar-refractivity contribution is 0.0696. The highest BCUT2D eigenvalue weighted by atomic mass is 16.4. The van der Waals surface area contributed by atoms with Crippen molar-refractivity contribution in [3.63, 3.8) is 0 Å². The zero-order chi connectivity index (χ0) is 15.2. The molecule has 0 unspecified atom stereocenters. The molecule has 110 valence electrons.